The normalized spacial score (nSPS) is 12.3. The average Bonchev–Trinajstić information content (AvgIpc) is 1.78. The minimum Gasteiger partial charge on any atom is -0.183 e. The van der Waals surface area contributed by atoms with Gasteiger partial charge in [-0.2, -0.15) is 14.0 Å². The summed E-state index contributed by atoms with van der Waals surface area (Å²) in [5.41, 5.74) is 0. The van der Waals surface area contributed by atoms with Crippen LogP contribution in [0.1, 0.15) is 0 Å². The zero-order valence-electron chi connectivity index (χ0n) is 5.16. The molecule has 0 amide bonds. The second-order valence-electron chi connectivity index (χ2n) is 1.32. The average molecular weight is 167 g/mol. The van der Waals surface area contributed by atoms with E-state index in [-0.39, 0.29) is 6.61 Å². The molecule has 0 bridgehead atoms. The molecule has 0 aromatic rings. The SMILES string of the molecule is C=CC=CCO[Cl+3]([O-])([O-])[O-]. The molecule has 0 aliphatic carbocycles. The van der Waals surface area contributed by atoms with Crippen molar-refractivity contribution in [2.75, 3.05) is 6.61 Å². The maximum absolute atomic E-state index is 9.73. The third-order valence-corrected chi connectivity index (χ3v) is 0.958. The lowest BCUT2D eigenvalue weighted by Gasteiger charge is -2.10. The summed E-state index contributed by atoms with van der Waals surface area (Å²) in [6.07, 6.45) is 4.27. The Hall–Kier alpha value is -0.390. The Morgan fingerprint density at radius 3 is 2.40 bits per heavy atom. The van der Waals surface area contributed by atoms with Gasteiger partial charge in [0.2, 0.25) is 6.61 Å². The molecule has 0 fully saturated rings. The van der Waals surface area contributed by atoms with Crippen molar-refractivity contribution in [1.82, 2.24) is 0 Å². The molecule has 4 nitrogen and oxygen atoms in total. The zero-order valence-corrected chi connectivity index (χ0v) is 5.91. The maximum atomic E-state index is 9.73. The molecule has 0 N–H and O–H groups in total. The van der Waals surface area contributed by atoms with E-state index in [2.05, 4.69) is 10.9 Å². The fraction of sp³-hybridized carbons (Fsp3) is 0.200. The second kappa shape index (κ2) is 4.43. The van der Waals surface area contributed by atoms with E-state index in [4.69, 9.17) is 0 Å². The summed E-state index contributed by atoms with van der Waals surface area (Å²) in [6, 6.07) is 0. The zero-order chi connectivity index (χ0) is 8.04. The lowest BCUT2D eigenvalue weighted by Crippen LogP contribution is -2.60. The van der Waals surface area contributed by atoms with Crippen LogP contribution in [0, 0.1) is 10.2 Å². The Morgan fingerprint density at radius 2 is 2.00 bits per heavy atom. The van der Waals surface area contributed by atoms with Crippen molar-refractivity contribution in [3.05, 3.63) is 24.8 Å². The van der Waals surface area contributed by atoms with Crippen molar-refractivity contribution in [2.24, 2.45) is 0 Å². The summed E-state index contributed by atoms with van der Waals surface area (Å²) in [4.78, 5) is 0. The Bertz CT molecular complexity index is 126. The summed E-state index contributed by atoms with van der Waals surface area (Å²) >= 11 is 0. The smallest absolute Gasteiger partial charge is 0.183 e. The Kier molecular flexibility index (Phi) is 4.26. The molecule has 0 aromatic heterocycles. The van der Waals surface area contributed by atoms with E-state index in [0.29, 0.717) is 0 Å². The van der Waals surface area contributed by atoms with Gasteiger partial charge >= 0.3 is 0 Å². The van der Waals surface area contributed by atoms with Crippen LogP contribution in [-0.2, 0) is 4.29 Å². The fourth-order valence-corrected chi connectivity index (χ4v) is 0.492. The van der Waals surface area contributed by atoms with Gasteiger partial charge in [0.1, 0.15) is 0 Å². The Balaban J connectivity index is 3.37. The molecule has 0 aliphatic heterocycles. The van der Waals surface area contributed by atoms with E-state index >= 15 is 0 Å². The third kappa shape index (κ3) is 7.61. The summed E-state index contributed by atoms with van der Waals surface area (Å²) in [7, 11) is -4.29. The predicted octanol–water partition coefficient (Wildman–Crippen LogP) is -2.36. The van der Waals surface area contributed by atoms with Crippen LogP contribution in [0.5, 0.6) is 0 Å². The van der Waals surface area contributed by atoms with E-state index in [1.807, 2.05) is 0 Å². The van der Waals surface area contributed by atoms with Crippen LogP contribution in [0.25, 0.3) is 0 Å². The van der Waals surface area contributed by atoms with Crippen LogP contribution in [0.3, 0.4) is 0 Å². The summed E-state index contributed by atoms with van der Waals surface area (Å²) < 4.78 is 33.0. The lowest BCUT2D eigenvalue weighted by atomic mass is 10.5. The molecular formula is C5H7ClO4. The van der Waals surface area contributed by atoms with Gasteiger partial charge in [0.05, 0.1) is 14.5 Å². The van der Waals surface area contributed by atoms with Crippen LogP contribution in [-0.4, -0.2) is 6.61 Å². The van der Waals surface area contributed by atoms with Crippen molar-refractivity contribution >= 4 is 0 Å². The molecule has 0 unspecified atom stereocenters. The number of hydrogen-bond acceptors (Lipinski definition) is 4. The summed E-state index contributed by atoms with van der Waals surface area (Å²) in [6.45, 7) is 3.07. The maximum Gasteiger partial charge on any atom is 0.222 e. The highest BCUT2D eigenvalue weighted by Gasteiger charge is 2.13. The standard InChI is InChI=1S/C5H7ClO4/c1-2-3-4-5-10-6(7,8)9/h2-4H,1,5H2. The Labute approximate surface area is 60.8 Å². The number of allylic oxidation sites excluding steroid dienone is 2. The number of hydrogen-bond donors (Lipinski definition) is 0. The molecule has 0 saturated carbocycles. The largest absolute Gasteiger partial charge is 0.222 e. The van der Waals surface area contributed by atoms with Crippen molar-refractivity contribution in [1.29, 1.82) is 0 Å². The van der Waals surface area contributed by atoms with Crippen LogP contribution in [0.15, 0.2) is 24.8 Å². The van der Waals surface area contributed by atoms with E-state index < -0.39 is 10.2 Å². The Morgan fingerprint density at radius 1 is 1.40 bits per heavy atom. The molecule has 58 valence electrons. The molecule has 0 heterocycles. The van der Waals surface area contributed by atoms with Gasteiger partial charge in [-0.15, -0.1) is 0 Å². The second-order valence-corrected chi connectivity index (χ2v) is 2.29. The van der Waals surface area contributed by atoms with Crippen molar-refractivity contribution in [2.45, 2.75) is 0 Å². The first kappa shape index (κ1) is 9.61. The molecule has 0 radical (unpaired) electrons. The van der Waals surface area contributed by atoms with Gasteiger partial charge in [-0.3, -0.25) is 0 Å². The van der Waals surface area contributed by atoms with Crippen LogP contribution < -0.4 is 14.0 Å². The molecule has 5 heteroatoms. The first-order valence-electron chi connectivity index (χ1n) is 2.39. The highest BCUT2D eigenvalue weighted by molar-refractivity contribution is 4.96. The molecule has 10 heavy (non-hydrogen) atoms. The number of halogens is 1. The minimum absolute atomic E-state index is 0.251. The van der Waals surface area contributed by atoms with Gasteiger partial charge < -0.3 is 0 Å². The fourth-order valence-electron chi connectivity index (χ4n) is 0.265. The number of rotatable bonds is 4. The van der Waals surface area contributed by atoms with E-state index in [1.54, 1.807) is 0 Å². The highest BCUT2D eigenvalue weighted by Crippen LogP contribution is 1.87. The first-order chi connectivity index (χ1) is 4.56. The van der Waals surface area contributed by atoms with Crippen molar-refractivity contribution in [3.8, 4) is 0 Å². The minimum atomic E-state index is -4.29. The van der Waals surface area contributed by atoms with Crippen LogP contribution >= 0.6 is 0 Å². The van der Waals surface area contributed by atoms with Crippen LogP contribution in [0.4, 0.5) is 0 Å². The molecule has 0 spiro atoms. The van der Waals surface area contributed by atoms with Crippen LogP contribution in [0.2, 0.25) is 0 Å². The van der Waals surface area contributed by atoms with Gasteiger partial charge in [-0.25, -0.2) is 0 Å². The summed E-state index contributed by atoms with van der Waals surface area (Å²) in [5, 5.41) is 0. The molecule has 0 aliphatic rings. The van der Waals surface area contributed by atoms with Gasteiger partial charge in [0.15, 0.2) is 0 Å². The van der Waals surface area contributed by atoms with Crippen molar-refractivity contribution < 1.29 is 28.5 Å². The van der Waals surface area contributed by atoms with E-state index in [9.17, 15) is 14.0 Å². The van der Waals surface area contributed by atoms with Gasteiger partial charge in [-0.1, -0.05) is 18.7 Å². The monoisotopic (exact) mass is 166 g/mol. The molecular weight excluding hydrogens is 160 g/mol. The highest BCUT2D eigenvalue weighted by atomic mass is 35.7. The predicted molar refractivity (Wildman–Crippen MR) is 25.3 cm³/mol. The summed E-state index contributed by atoms with van der Waals surface area (Å²) in [5.74, 6) is 0. The van der Waals surface area contributed by atoms with E-state index in [1.165, 1.54) is 18.2 Å². The molecule has 0 aromatic carbocycles. The van der Waals surface area contributed by atoms with Crippen molar-refractivity contribution in [3.63, 3.8) is 0 Å². The quantitative estimate of drug-likeness (QED) is 0.438. The lowest BCUT2D eigenvalue weighted by molar-refractivity contribution is -1.92. The molecule has 0 atom stereocenters. The molecule has 0 rings (SSSR count). The van der Waals surface area contributed by atoms with Gasteiger partial charge in [-0.05, 0) is 6.08 Å². The van der Waals surface area contributed by atoms with Gasteiger partial charge in [0.25, 0.3) is 0 Å². The first-order valence-corrected chi connectivity index (χ1v) is 3.62. The third-order valence-electron chi connectivity index (χ3n) is 0.565. The van der Waals surface area contributed by atoms with Gasteiger partial charge in [0, 0.05) is 0 Å². The topological polar surface area (TPSA) is 78.4 Å². The molecule has 0 saturated heterocycles. The van der Waals surface area contributed by atoms with E-state index in [0.717, 1.165) is 0 Å².